The maximum Gasteiger partial charge on any atom is 0.325 e. The van der Waals surface area contributed by atoms with Gasteiger partial charge in [0.05, 0.1) is 0 Å². The van der Waals surface area contributed by atoms with Crippen LogP contribution in [0.2, 0.25) is 0 Å². The molecule has 0 aliphatic heterocycles. The first-order chi connectivity index (χ1) is 10.2. The summed E-state index contributed by atoms with van der Waals surface area (Å²) < 4.78 is 4.98. The lowest BCUT2D eigenvalue weighted by molar-refractivity contribution is -0.143. The molecule has 0 aliphatic rings. The van der Waals surface area contributed by atoms with Crippen molar-refractivity contribution in [3.05, 3.63) is 65.7 Å². The lowest BCUT2D eigenvalue weighted by Gasteiger charge is -2.07. The zero-order chi connectivity index (χ0) is 15.1. The number of esters is 1. The SMILES string of the molecule is O=C(CNC(=O)c1ccccc1)OCc1ccccc1O. The standard InChI is InChI=1S/C16H15NO4/c18-14-9-5-4-8-13(14)11-21-15(19)10-17-16(20)12-6-2-1-3-7-12/h1-9,18H,10-11H2,(H,17,20). The number of phenols is 1. The Hall–Kier alpha value is -2.82. The third-order valence-electron chi connectivity index (χ3n) is 2.81. The van der Waals surface area contributed by atoms with Crippen LogP contribution in [-0.2, 0) is 16.1 Å². The van der Waals surface area contributed by atoms with Crippen LogP contribution in [0.5, 0.6) is 5.75 Å². The summed E-state index contributed by atoms with van der Waals surface area (Å²) in [6.45, 7) is -0.256. The van der Waals surface area contributed by atoms with E-state index in [1.54, 1.807) is 48.5 Å². The molecular formula is C16H15NO4. The summed E-state index contributed by atoms with van der Waals surface area (Å²) in [5.74, 6) is -0.837. The van der Waals surface area contributed by atoms with Gasteiger partial charge in [0.1, 0.15) is 18.9 Å². The Morgan fingerprint density at radius 1 is 1.00 bits per heavy atom. The second-order valence-corrected chi connectivity index (χ2v) is 4.34. The van der Waals surface area contributed by atoms with E-state index in [1.807, 2.05) is 0 Å². The summed E-state index contributed by atoms with van der Waals surface area (Å²) in [6.07, 6.45) is 0. The zero-order valence-electron chi connectivity index (χ0n) is 11.3. The fourth-order valence-corrected chi connectivity index (χ4v) is 1.69. The summed E-state index contributed by atoms with van der Waals surface area (Å²) in [5.41, 5.74) is 0.992. The Labute approximate surface area is 122 Å². The monoisotopic (exact) mass is 285 g/mol. The molecule has 0 spiro atoms. The molecule has 5 heteroatoms. The van der Waals surface area contributed by atoms with Crippen molar-refractivity contribution in [2.24, 2.45) is 0 Å². The number of nitrogens with one attached hydrogen (secondary N) is 1. The van der Waals surface area contributed by atoms with E-state index in [9.17, 15) is 14.7 Å². The molecule has 0 saturated carbocycles. The van der Waals surface area contributed by atoms with Crippen molar-refractivity contribution < 1.29 is 19.4 Å². The van der Waals surface area contributed by atoms with E-state index in [0.29, 0.717) is 11.1 Å². The van der Waals surface area contributed by atoms with Crippen LogP contribution in [0.15, 0.2) is 54.6 Å². The molecule has 0 atom stereocenters. The maximum absolute atomic E-state index is 11.7. The molecule has 0 fully saturated rings. The second kappa shape index (κ2) is 7.09. The van der Waals surface area contributed by atoms with Crippen LogP contribution in [-0.4, -0.2) is 23.5 Å². The highest BCUT2D eigenvalue weighted by molar-refractivity contribution is 5.95. The van der Waals surface area contributed by atoms with Gasteiger partial charge in [-0.05, 0) is 18.2 Å². The minimum atomic E-state index is -0.567. The van der Waals surface area contributed by atoms with E-state index in [4.69, 9.17) is 4.74 Å². The number of phenolic OH excluding ortho intramolecular Hbond substituents is 1. The molecule has 0 aliphatic carbocycles. The number of carbonyl (C=O) groups excluding carboxylic acids is 2. The Kier molecular flexibility index (Phi) is 4.93. The second-order valence-electron chi connectivity index (χ2n) is 4.34. The Balaban J connectivity index is 1.78. The van der Waals surface area contributed by atoms with Crippen LogP contribution in [0.1, 0.15) is 15.9 Å². The minimum Gasteiger partial charge on any atom is -0.508 e. The first-order valence-corrected chi connectivity index (χ1v) is 6.42. The molecule has 0 heterocycles. The normalized spacial score (nSPS) is 9.90. The van der Waals surface area contributed by atoms with Crippen LogP contribution in [0.4, 0.5) is 0 Å². The van der Waals surface area contributed by atoms with Crippen molar-refractivity contribution in [1.82, 2.24) is 5.32 Å². The lowest BCUT2D eigenvalue weighted by atomic mass is 10.2. The third-order valence-corrected chi connectivity index (χ3v) is 2.81. The van der Waals surface area contributed by atoms with Crippen molar-refractivity contribution in [2.45, 2.75) is 6.61 Å². The van der Waals surface area contributed by atoms with Crippen molar-refractivity contribution in [2.75, 3.05) is 6.54 Å². The minimum absolute atomic E-state index is 0.0350. The van der Waals surface area contributed by atoms with E-state index in [1.165, 1.54) is 6.07 Å². The van der Waals surface area contributed by atoms with Crippen molar-refractivity contribution in [3.8, 4) is 5.75 Å². The Bertz CT molecular complexity index is 625. The molecule has 0 bridgehead atoms. The summed E-state index contributed by atoms with van der Waals surface area (Å²) >= 11 is 0. The number of aromatic hydroxyl groups is 1. The molecule has 1 amide bonds. The predicted octanol–water partition coefficient (Wildman–Crippen LogP) is 1.87. The van der Waals surface area contributed by atoms with Crippen molar-refractivity contribution >= 4 is 11.9 Å². The van der Waals surface area contributed by atoms with Gasteiger partial charge in [0.15, 0.2) is 0 Å². The summed E-state index contributed by atoms with van der Waals surface area (Å²) in [7, 11) is 0. The highest BCUT2D eigenvalue weighted by atomic mass is 16.5. The van der Waals surface area contributed by atoms with Crippen LogP contribution in [0.3, 0.4) is 0 Å². The van der Waals surface area contributed by atoms with E-state index in [2.05, 4.69) is 5.32 Å². The number of para-hydroxylation sites is 1. The fourth-order valence-electron chi connectivity index (χ4n) is 1.69. The number of hydrogen-bond acceptors (Lipinski definition) is 4. The highest BCUT2D eigenvalue weighted by Crippen LogP contribution is 2.16. The predicted molar refractivity (Wildman–Crippen MR) is 76.7 cm³/mol. The molecule has 2 aromatic rings. The van der Waals surface area contributed by atoms with Gasteiger partial charge in [0, 0.05) is 11.1 Å². The van der Waals surface area contributed by atoms with Crippen LogP contribution >= 0.6 is 0 Å². The molecule has 0 radical (unpaired) electrons. The lowest BCUT2D eigenvalue weighted by Crippen LogP contribution is -2.30. The number of hydrogen-bond donors (Lipinski definition) is 2. The van der Waals surface area contributed by atoms with E-state index >= 15 is 0 Å². The molecule has 2 N–H and O–H groups in total. The number of ether oxygens (including phenoxy) is 1. The molecular weight excluding hydrogens is 270 g/mol. The maximum atomic E-state index is 11.7. The van der Waals surface area contributed by atoms with Gasteiger partial charge in [0.2, 0.25) is 0 Å². The van der Waals surface area contributed by atoms with E-state index in [-0.39, 0.29) is 24.8 Å². The Morgan fingerprint density at radius 3 is 2.38 bits per heavy atom. The molecule has 0 saturated heterocycles. The van der Waals surface area contributed by atoms with Crippen molar-refractivity contribution in [1.29, 1.82) is 0 Å². The molecule has 0 unspecified atom stereocenters. The van der Waals surface area contributed by atoms with Gasteiger partial charge in [-0.3, -0.25) is 9.59 Å². The number of amides is 1. The first kappa shape index (κ1) is 14.6. The van der Waals surface area contributed by atoms with Gasteiger partial charge < -0.3 is 15.2 Å². The molecule has 2 aromatic carbocycles. The van der Waals surface area contributed by atoms with Gasteiger partial charge in [-0.1, -0.05) is 36.4 Å². The Morgan fingerprint density at radius 2 is 1.67 bits per heavy atom. The van der Waals surface area contributed by atoms with Crippen molar-refractivity contribution in [3.63, 3.8) is 0 Å². The summed E-state index contributed by atoms with van der Waals surface area (Å²) in [6, 6.07) is 15.2. The molecule has 21 heavy (non-hydrogen) atoms. The molecule has 108 valence electrons. The number of carbonyl (C=O) groups is 2. The van der Waals surface area contributed by atoms with Crippen LogP contribution in [0, 0.1) is 0 Å². The fraction of sp³-hybridized carbons (Fsp3) is 0.125. The average molecular weight is 285 g/mol. The average Bonchev–Trinajstić information content (AvgIpc) is 2.52. The van der Waals surface area contributed by atoms with E-state index < -0.39 is 5.97 Å². The van der Waals surface area contributed by atoms with Gasteiger partial charge >= 0.3 is 5.97 Å². The smallest absolute Gasteiger partial charge is 0.325 e. The largest absolute Gasteiger partial charge is 0.508 e. The van der Waals surface area contributed by atoms with Crippen LogP contribution in [0.25, 0.3) is 0 Å². The topological polar surface area (TPSA) is 75.6 Å². The summed E-state index contributed by atoms with van der Waals surface area (Å²) in [5, 5.41) is 12.0. The van der Waals surface area contributed by atoms with Gasteiger partial charge in [-0.15, -0.1) is 0 Å². The number of rotatable bonds is 5. The van der Waals surface area contributed by atoms with Gasteiger partial charge in [0.25, 0.3) is 5.91 Å². The first-order valence-electron chi connectivity index (χ1n) is 6.42. The van der Waals surface area contributed by atoms with E-state index in [0.717, 1.165) is 0 Å². The quantitative estimate of drug-likeness (QED) is 0.822. The summed E-state index contributed by atoms with van der Waals surface area (Å²) in [4.78, 5) is 23.3. The van der Waals surface area contributed by atoms with Gasteiger partial charge in [-0.25, -0.2) is 0 Å². The number of benzene rings is 2. The van der Waals surface area contributed by atoms with Gasteiger partial charge in [-0.2, -0.15) is 0 Å². The highest BCUT2D eigenvalue weighted by Gasteiger charge is 2.09. The molecule has 5 nitrogen and oxygen atoms in total. The molecule has 0 aromatic heterocycles. The third kappa shape index (κ3) is 4.35. The molecule has 2 rings (SSSR count). The van der Waals surface area contributed by atoms with Crippen LogP contribution < -0.4 is 5.32 Å². The zero-order valence-corrected chi connectivity index (χ0v) is 11.3.